The summed E-state index contributed by atoms with van der Waals surface area (Å²) in [7, 11) is 0. The summed E-state index contributed by atoms with van der Waals surface area (Å²) in [6.07, 6.45) is -0.0436. The van der Waals surface area contributed by atoms with E-state index < -0.39 is 40.2 Å². The monoisotopic (exact) mass is 790 g/mol. The van der Waals surface area contributed by atoms with Crippen LogP contribution in [0.4, 0.5) is 0 Å². The fourth-order valence-corrected chi connectivity index (χ4v) is 9.05. The number of benzene rings is 6. The van der Waals surface area contributed by atoms with Gasteiger partial charge in [-0.05, 0) is 53.6 Å². The van der Waals surface area contributed by atoms with E-state index in [0.29, 0.717) is 0 Å². The number of carbonyl (C=O) groups excluding carboxylic acids is 3. The summed E-state index contributed by atoms with van der Waals surface area (Å²) in [5.41, 5.74) is 4.92. The first-order valence-electron chi connectivity index (χ1n) is 19.8. The predicted octanol–water partition coefficient (Wildman–Crippen LogP) is 9.05. The quantitative estimate of drug-likeness (QED) is 0.0625. The van der Waals surface area contributed by atoms with Gasteiger partial charge in [-0.3, -0.25) is 14.9 Å². The zero-order valence-corrected chi connectivity index (χ0v) is 33.8. The molecule has 0 unspecified atom stereocenters. The predicted molar refractivity (Wildman–Crippen MR) is 232 cm³/mol. The summed E-state index contributed by atoms with van der Waals surface area (Å²) < 4.78 is 9.88. The topological polar surface area (TPSA) is 93.7 Å². The van der Waals surface area contributed by atoms with E-state index in [9.17, 15) is 9.59 Å². The minimum absolute atomic E-state index is 0.0203. The maximum absolute atomic E-state index is 15.2. The molecule has 2 N–H and O–H groups in total. The Kier molecular flexibility index (Phi) is 14.7. The lowest BCUT2D eigenvalue weighted by atomic mass is 9.76. The summed E-state index contributed by atoms with van der Waals surface area (Å²) in [6, 6.07) is 59.4. The number of esters is 2. The highest BCUT2D eigenvalue weighted by molar-refractivity contribution is 8.00. The first-order valence-corrected chi connectivity index (χ1v) is 20.8. The van der Waals surface area contributed by atoms with Crippen molar-refractivity contribution in [3.8, 4) is 0 Å². The minimum Gasteiger partial charge on any atom is -0.466 e. The minimum atomic E-state index is -1.09. The second kappa shape index (κ2) is 20.5. The molecular weight excluding hydrogens is 741 g/mol. The van der Waals surface area contributed by atoms with E-state index in [-0.39, 0.29) is 31.8 Å². The molecule has 0 aliphatic rings. The van der Waals surface area contributed by atoms with Crippen LogP contribution >= 0.6 is 11.8 Å². The van der Waals surface area contributed by atoms with E-state index >= 15 is 4.79 Å². The molecule has 0 bridgehead atoms. The Morgan fingerprint density at radius 1 is 0.517 bits per heavy atom. The second-order valence-electron chi connectivity index (χ2n) is 13.8. The van der Waals surface area contributed by atoms with Gasteiger partial charge in [0, 0.05) is 12.2 Å². The normalized spacial score (nSPS) is 12.5. The van der Waals surface area contributed by atoms with Crippen LogP contribution in [0.5, 0.6) is 0 Å². The SMILES string of the molecule is CCOC(=O)CC[C@@H](NC(=O)[C@@H](CSC(c1ccccc1)(c1ccccc1)c1ccccc1)NC(c1ccccc1)(c1ccccc1)c1ccccc1)C(=O)OCC. The third kappa shape index (κ3) is 9.59. The molecule has 0 radical (unpaired) electrons. The van der Waals surface area contributed by atoms with E-state index in [0.717, 1.165) is 33.4 Å². The van der Waals surface area contributed by atoms with Crippen LogP contribution in [-0.4, -0.2) is 48.9 Å². The van der Waals surface area contributed by atoms with Gasteiger partial charge in [-0.2, -0.15) is 0 Å². The van der Waals surface area contributed by atoms with Crippen molar-refractivity contribution in [2.75, 3.05) is 19.0 Å². The molecule has 0 fully saturated rings. The van der Waals surface area contributed by atoms with E-state index in [1.165, 1.54) is 0 Å². The molecule has 0 aliphatic heterocycles. The van der Waals surface area contributed by atoms with E-state index in [1.807, 2.05) is 109 Å². The maximum atomic E-state index is 15.2. The number of thioether (sulfide) groups is 1. The summed E-state index contributed by atoms with van der Waals surface area (Å²) in [6.45, 7) is 3.78. The molecule has 0 spiro atoms. The van der Waals surface area contributed by atoms with Gasteiger partial charge >= 0.3 is 11.9 Å². The van der Waals surface area contributed by atoms with Crippen LogP contribution in [0.15, 0.2) is 182 Å². The number of nitrogens with one attached hydrogen (secondary N) is 2. The molecule has 8 heteroatoms. The molecule has 1 amide bonds. The fraction of sp³-hybridized carbons (Fsp3) is 0.220. The van der Waals surface area contributed by atoms with Crippen molar-refractivity contribution in [3.05, 3.63) is 215 Å². The molecule has 0 aliphatic carbocycles. The number of carbonyl (C=O) groups is 3. The van der Waals surface area contributed by atoms with Gasteiger partial charge < -0.3 is 14.8 Å². The molecule has 296 valence electrons. The Morgan fingerprint density at radius 2 is 0.879 bits per heavy atom. The van der Waals surface area contributed by atoms with Crippen LogP contribution in [0.25, 0.3) is 0 Å². The molecule has 6 aromatic carbocycles. The molecule has 58 heavy (non-hydrogen) atoms. The van der Waals surface area contributed by atoms with Crippen molar-refractivity contribution in [1.82, 2.24) is 10.6 Å². The lowest BCUT2D eigenvalue weighted by molar-refractivity contribution is -0.149. The third-order valence-corrected chi connectivity index (χ3v) is 11.8. The van der Waals surface area contributed by atoms with Gasteiger partial charge in [-0.1, -0.05) is 182 Å². The van der Waals surface area contributed by atoms with Crippen molar-refractivity contribution >= 4 is 29.6 Å². The summed E-state index contributed by atoms with van der Waals surface area (Å²) in [5.74, 6) is -1.22. The Hall–Kier alpha value is -5.96. The molecule has 0 aromatic heterocycles. The van der Waals surface area contributed by atoms with Crippen molar-refractivity contribution in [2.45, 2.75) is 49.1 Å². The van der Waals surface area contributed by atoms with Crippen molar-refractivity contribution in [1.29, 1.82) is 0 Å². The lowest BCUT2D eigenvalue weighted by Crippen LogP contribution is -2.58. The zero-order valence-electron chi connectivity index (χ0n) is 33.0. The highest BCUT2D eigenvalue weighted by Gasteiger charge is 2.43. The molecule has 0 saturated heterocycles. The van der Waals surface area contributed by atoms with Crippen molar-refractivity contribution in [3.63, 3.8) is 0 Å². The van der Waals surface area contributed by atoms with Crippen LogP contribution in [-0.2, 0) is 34.1 Å². The average molecular weight is 791 g/mol. The fourth-order valence-electron chi connectivity index (χ4n) is 7.50. The summed E-state index contributed by atoms with van der Waals surface area (Å²) in [4.78, 5) is 41.2. The summed E-state index contributed by atoms with van der Waals surface area (Å²) in [5, 5.41) is 6.96. The number of rotatable bonds is 19. The second-order valence-corrected chi connectivity index (χ2v) is 15.0. The third-order valence-electron chi connectivity index (χ3n) is 10.2. The van der Waals surface area contributed by atoms with Gasteiger partial charge in [0.15, 0.2) is 0 Å². The average Bonchev–Trinajstić information content (AvgIpc) is 3.28. The molecule has 7 nitrogen and oxygen atoms in total. The molecule has 0 saturated carbocycles. The number of hydrogen-bond acceptors (Lipinski definition) is 7. The van der Waals surface area contributed by atoms with Gasteiger partial charge in [0.2, 0.25) is 5.91 Å². The highest BCUT2D eigenvalue weighted by Crippen LogP contribution is 2.49. The van der Waals surface area contributed by atoms with E-state index in [4.69, 9.17) is 9.47 Å². The highest BCUT2D eigenvalue weighted by atomic mass is 32.2. The smallest absolute Gasteiger partial charge is 0.328 e. The van der Waals surface area contributed by atoms with Gasteiger partial charge in [0.05, 0.1) is 29.5 Å². The standard InChI is InChI=1S/C50H50N2O5S/c1-3-56-46(53)36-35-44(48(55)57-4-2)51-47(54)45(52-49(38-23-11-5-12-24-38,39-25-13-6-14-26-39)40-27-15-7-16-28-40)37-58-50(41-29-17-8-18-30-41,42-31-19-9-20-32-42)43-33-21-10-22-34-43/h5-34,44-45,52H,3-4,35-37H2,1-2H3,(H,51,54)/t44-,45-/m1/s1. The van der Waals surface area contributed by atoms with Gasteiger partial charge in [-0.15, -0.1) is 11.8 Å². The molecular formula is C50H50N2O5S. The molecule has 0 heterocycles. The van der Waals surface area contributed by atoms with E-state index in [1.54, 1.807) is 25.6 Å². The van der Waals surface area contributed by atoms with Crippen LogP contribution in [0.1, 0.15) is 60.1 Å². The Morgan fingerprint density at radius 3 is 1.24 bits per heavy atom. The number of amides is 1. The first kappa shape index (κ1) is 41.7. The van der Waals surface area contributed by atoms with Crippen LogP contribution in [0.2, 0.25) is 0 Å². The Labute approximate surface area is 346 Å². The van der Waals surface area contributed by atoms with Crippen LogP contribution in [0, 0.1) is 0 Å². The van der Waals surface area contributed by atoms with E-state index in [2.05, 4.69) is 83.4 Å². The van der Waals surface area contributed by atoms with Crippen molar-refractivity contribution < 1.29 is 23.9 Å². The van der Waals surface area contributed by atoms with Crippen molar-refractivity contribution in [2.24, 2.45) is 0 Å². The Balaban J connectivity index is 1.53. The first-order chi connectivity index (χ1) is 28.4. The lowest BCUT2D eigenvalue weighted by Gasteiger charge is -2.41. The summed E-state index contributed by atoms with van der Waals surface area (Å²) >= 11 is 1.65. The zero-order chi connectivity index (χ0) is 40.6. The maximum Gasteiger partial charge on any atom is 0.328 e. The molecule has 6 rings (SSSR count). The van der Waals surface area contributed by atoms with Crippen LogP contribution < -0.4 is 10.6 Å². The van der Waals surface area contributed by atoms with Gasteiger partial charge in [0.25, 0.3) is 0 Å². The number of hydrogen-bond donors (Lipinski definition) is 2. The molecule has 6 aromatic rings. The Bertz CT molecular complexity index is 1980. The van der Waals surface area contributed by atoms with Crippen LogP contribution in [0.3, 0.4) is 0 Å². The van der Waals surface area contributed by atoms with Gasteiger partial charge in [-0.25, -0.2) is 4.79 Å². The largest absolute Gasteiger partial charge is 0.466 e. The number of ether oxygens (including phenoxy) is 2. The van der Waals surface area contributed by atoms with Gasteiger partial charge in [0.1, 0.15) is 6.04 Å². The molecule has 2 atom stereocenters.